The molecule has 1 fully saturated rings. The minimum absolute atomic E-state index is 0.0618. The molecule has 4 heterocycles. The highest BCUT2D eigenvalue weighted by atomic mass is 16.5. The second-order valence-electron chi connectivity index (χ2n) is 8.84. The minimum atomic E-state index is -0.479. The lowest BCUT2D eigenvalue weighted by atomic mass is 9.75. The van der Waals surface area contributed by atoms with Crippen LogP contribution in [0.1, 0.15) is 46.4 Å². The first kappa shape index (κ1) is 21.9. The molecule has 176 valence electrons. The molecule has 2 N–H and O–H groups in total. The number of nitrogens with one attached hydrogen (secondary N) is 2. The van der Waals surface area contributed by atoms with Crippen LogP contribution < -0.4 is 15.6 Å². The lowest BCUT2D eigenvalue weighted by Gasteiger charge is -2.41. The summed E-state index contributed by atoms with van der Waals surface area (Å²) >= 11 is 0. The molecule has 1 aromatic carbocycles. The second-order valence-corrected chi connectivity index (χ2v) is 8.84. The number of aromatic nitrogens is 4. The molecule has 10 nitrogen and oxygen atoms in total. The number of allylic oxidation sites excluding steroid dienone is 1. The van der Waals surface area contributed by atoms with E-state index in [-0.39, 0.29) is 22.8 Å². The molecule has 0 unspecified atom stereocenters. The number of carbonyl (C=O) groups is 2. The predicted molar refractivity (Wildman–Crippen MR) is 124 cm³/mol. The Morgan fingerprint density at radius 3 is 2.79 bits per heavy atom. The summed E-state index contributed by atoms with van der Waals surface area (Å²) in [5.74, 6) is 0.401. The molecule has 3 aromatic rings. The number of hydrogen-bond acceptors (Lipinski definition) is 6. The average molecular weight is 463 g/mol. The smallest absolute Gasteiger partial charge is 0.265 e. The number of nitrogens with zero attached hydrogens (tertiary/aromatic N) is 4. The van der Waals surface area contributed by atoms with Gasteiger partial charge in [-0.25, -0.2) is 0 Å². The van der Waals surface area contributed by atoms with E-state index in [1.54, 1.807) is 11.0 Å². The fourth-order valence-electron chi connectivity index (χ4n) is 4.58. The first-order chi connectivity index (χ1) is 16.5. The van der Waals surface area contributed by atoms with Crippen LogP contribution in [0.15, 0.2) is 53.7 Å². The monoisotopic (exact) mass is 462 g/mol. The molecule has 0 radical (unpaired) electrons. The summed E-state index contributed by atoms with van der Waals surface area (Å²) in [6.45, 7) is 2.00. The zero-order chi connectivity index (χ0) is 23.5. The number of piperidine rings is 1. The van der Waals surface area contributed by atoms with Gasteiger partial charge in [0.15, 0.2) is 0 Å². The van der Waals surface area contributed by atoms with Gasteiger partial charge in [0.25, 0.3) is 17.4 Å². The van der Waals surface area contributed by atoms with Crippen LogP contribution >= 0.6 is 0 Å². The number of amides is 2. The maximum absolute atomic E-state index is 13.1. The van der Waals surface area contributed by atoms with E-state index in [2.05, 4.69) is 32.7 Å². The van der Waals surface area contributed by atoms with Crippen molar-refractivity contribution in [1.29, 1.82) is 0 Å². The molecule has 2 aliphatic heterocycles. The largest absolute Gasteiger partial charge is 0.492 e. The molecule has 0 aliphatic carbocycles. The number of fused-ring (bicyclic) bond motifs is 2. The van der Waals surface area contributed by atoms with Gasteiger partial charge in [-0.05, 0) is 43.2 Å². The van der Waals surface area contributed by atoms with Crippen molar-refractivity contribution in [3.63, 3.8) is 0 Å². The van der Waals surface area contributed by atoms with Crippen molar-refractivity contribution in [3.8, 4) is 5.75 Å². The molecule has 2 amide bonds. The van der Waals surface area contributed by atoms with E-state index in [0.29, 0.717) is 56.2 Å². The van der Waals surface area contributed by atoms with Crippen molar-refractivity contribution in [1.82, 2.24) is 29.8 Å². The van der Waals surface area contributed by atoms with Crippen LogP contribution in [-0.2, 0) is 0 Å². The molecule has 2 aliphatic rings. The summed E-state index contributed by atoms with van der Waals surface area (Å²) in [5.41, 5.74) is -0.0548. The maximum Gasteiger partial charge on any atom is 0.265 e. The highest BCUT2D eigenvalue weighted by molar-refractivity contribution is 5.97. The topological polar surface area (TPSA) is 122 Å². The van der Waals surface area contributed by atoms with E-state index in [4.69, 9.17) is 4.74 Å². The van der Waals surface area contributed by atoms with E-state index in [1.165, 1.54) is 16.9 Å². The van der Waals surface area contributed by atoms with Crippen molar-refractivity contribution < 1.29 is 14.3 Å². The van der Waals surface area contributed by atoms with E-state index in [1.807, 2.05) is 18.2 Å². The van der Waals surface area contributed by atoms with Crippen LogP contribution in [0.25, 0.3) is 5.78 Å². The van der Waals surface area contributed by atoms with Crippen molar-refractivity contribution >= 4 is 17.6 Å². The fourth-order valence-corrected chi connectivity index (χ4v) is 4.58. The highest BCUT2D eigenvalue weighted by Crippen LogP contribution is 2.36. The number of rotatable bonds is 1. The third kappa shape index (κ3) is 4.30. The van der Waals surface area contributed by atoms with E-state index in [9.17, 15) is 14.4 Å². The lowest BCUT2D eigenvalue weighted by molar-refractivity contribution is 0.0564. The summed E-state index contributed by atoms with van der Waals surface area (Å²) < 4.78 is 7.31. The van der Waals surface area contributed by atoms with Crippen LogP contribution in [0.3, 0.4) is 0 Å². The Morgan fingerprint density at radius 1 is 1.12 bits per heavy atom. The molecule has 0 bridgehead atoms. The number of ether oxygens (including phenoxy) is 1. The van der Waals surface area contributed by atoms with Gasteiger partial charge in [-0.3, -0.25) is 23.8 Å². The second kappa shape index (κ2) is 9.12. The molecule has 2 aromatic heterocycles. The van der Waals surface area contributed by atoms with Crippen molar-refractivity contribution in [2.45, 2.75) is 25.7 Å². The summed E-state index contributed by atoms with van der Waals surface area (Å²) in [7, 11) is 0. The first-order valence-electron chi connectivity index (χ1n) is 11.4. The summed E-state index contributed by atoms with van der Waals surface area (Å²) in [6.07, 6.45) is 10.2. The Bertz CT molecular complexity index is 1300. The van der Waals surface area contributed by atoms with Gasteiger partial charge in [0.2, 0.25) is 5.78 Å². The molecule has 1 saturated heterocycles. The van der Waals surface area contributed by atoms with Gasteiger partial charge in [0.05, 0.1) is 12.2 Å². The Hall–Kier alpha value is -3.95. The Kier molecular flexibility index (Phi) is 5.87. The Morgan fingerprint density at radius 2 is 1.94 bits per heavy atom. The molecule has 34 heavy (non-hydrogen) atoms. The van der Waals surface area contributed by atoms with Crippen LogP contribution in [0.2, 0.25) is 0 Å². The number of hydrogen-bond donors (Lipinski definition) is 2. The van der Waals surface area contributed by atoms with Crippen molar-refractivity contribution in [2.24, 2.45) is 5.41 Å². The van der Waals surface area contributed by atoms with Crippen LogP contribution in [0, 0.1) is 5.41 Å². The van der Waals surface area contributed by atoms with E-state index < -0.39 is 5.56 Å². The van der Waals surface area contributed by atoms with Gasteiger partial charge in [-0.1, -0.05) is 24.3 Å². The molecule has 10 heteroatoms. The standard InChI is InChI=1S/C24H26N6O4/c31-20-17-6-2-3-7-19(17)34-13-5-1-4-8-24(15-25-20)9-11-29(12-10-24)22(33)18-14-30-16-26-28-23(30)27-21(18)32/h1-4,6-7,14,16H,5,8-13,15H2,(H,25,31)(H,27,28,32)/b4-1+. The SMILES string of the molecule is O=C1NCC2(C/C=C/CCOc3ccccc31)CCN(C(=O)c1cn3cnnc3[nH]c1=O)CC2. The predicted octanol–water partition coefficient (Wildman–Crippen LogP) is 1.80. The van der Waals surface area contributed by atoms with Gasteiger partial charge in [-0.2, -0.15) is 0 Å². The number of benzene rings is 1. The van der Waals surface area contributed by atoms with Crippen molar-refractivity contribution in [3.05, 3.63) is 70.4 Å². The van der Waals surface area contributed by atoms with Gasteiger partial charge < -0.3 is 15.0 Å². The van der Waals surface area contributed by atoms with Crippen LogP contribution in [-0.4, -0.2) is 62.5 Å². The minimum Gasteiger partial charge on any atom is -0.492 e. The normalized spacial score (nSPS) is 19.4. The maximum atomic E-state index is 13.1. The van der Waals surface area contributed by atoms with Crippen LogP contribution in [0.5, 0.6) is 5.75 Å². The van der Waals surface area contributed by atoms with Crippen molar-refractivity contribution in [2.75, 3.05) is 26.2 Å². The zero-order valence-corrected chi connectivity index (χ0v) is 18.7. The molecule has 5 rings (SSSR count). The summed E-state index contributed by atoms with van der Waals surface area (Å²) in [6, 6.07) is 7.26. The molecule has 1 spiro atoms. The number of carbonyl (C=O) groups excluding carboxylic acids is 2. The third-order valence-electron chi connectivity index (χ3n) is 6.67. The van der Waals surface area contributed by atoms with E-state index >= 15 is 0 Å². The molecule has 0 atom stereocenters. The molecule has 0 saturated carbocycles. The van der Waals surface area contributed by atoms with Gasteiger partial charge in [0.1, 0.15) is 17.6 Å². The molecular weight excluding hydrogens is 436 g/mol. The van der Waals surface area contributed by atoms with Crippen LogP contribution in [0.4, 0.5) is 0 Å². The molecular formula is C24H26N6O4. The Labute approximate surface area is 195 Å². The van der Waals surface area contributed by atoms with Gasteiger partial charge in [0, 0.05) is 25.8 Å². The van der Waals surface area contributed by atoms with Gasteiger partial charge >= 0.3 is 0 Å². The quantitative estimate of drug-likeness (QED) is 0.532. The summed E-state index contributed by atoms with van der Waals surface area (Å²) in [5, 5.41) is 10.6. The number of likely N-dealkylation sites (tertiary alicyclic amines) is 1. The fraction of sp³-hybridized carbons (Fsp3) is 0.375. The third-order valence-corrected chi connectivity index (χ3v) is 6.67. The highest BCUT2D eigenvalue weighted by Gasteiger charge is 2.36. The first-order valence-corrected chi connectivity index (χ1v) is 11.4. The number of H-pyrrole nitrogens is 1. The lowest BCUT2D eigenvalue weighted by Crippen LogP contribution is -2.48. The van der Waals surface area contributed by atoms with E-state index in [0.717, 1.165) is 12.8 Å². The Balaban J connectivity index is 1.31. The number of aromatic amines is 1. The average Bonchev–Trinajstić information content (AvgIpc) is 3.31. The number of para-hydroxylation sites is 1. The zero-order valence-electron chi connectivity index (χ0n) is 18.7. The summed E-state index contributed by atoms with van der Waals surface area (Å²) in [4.78, 5) is 42.7. The van der Waals surface area contributed by atoms with Gasteiger partial charge in [-0.15, -0.1) is 10.2 Å².